The predicted molar refractivity (Wildman–Crippen MR) is 71.0 cm³/mol. The summed E-state index contributed by atoms with van der Waals surface area (Å²) in [5.74, 6) is -2.38. The molecule has 0 aromatic heterocycles. The maximum atomic E-state index is 13.1. The number of anilines is 1. The molecule has 0 atom stereocenters. The Labute approximate surface area is 116 Å². The quantitative estimate of drug-likeness (QED) is 0.778. The minimum Gasteiger partial charge on any atom is -0.342 e. The second-order valence-electron chi connectivity index (χ2n) is 4.45. The third-order valence-electron chi connectivity index (χ3n) is 3.34. The van der Waals surface area contributed by atoms with Crippen molar-refractivity contribution >= 4 is 23.3 Å². The average molecular weight is 278 g/mol. The Hall–Kier alpha value is -2.24. The summed E-state index contributed by atoms with van der Waals surface area (Å²) in [7, 11) is 0. The van der Waals surface area contributed by atoms with Gasteiger partial charge in [0.2, 0.25) is 5.91 Å². The van der Waals surface area contributed by atoms with Crippen molar-refractivity contribution in [1.29, 1.82) is 0 Å². The number of amides is 2. The van der Waals surface area contributed by atoms with Crippen molar-refractivity contribution in [3.05, 3.63) is 29.6 Å². The molecule has 1 aliphatic heterocycles. The number of carbonyl (C=O) groups is 3. The van der Waals surface area contributed by atoms with Gasteiger partial charge in [0.15, 0.2) is 0 Å². The molecule has 1 aromatic carbocycles. The van der Waals surface area contributed by atoms with Crippen LogP contribution in [0.2, 0.25) is 0 Å². The van der Waals surface area contributed by atoms with Gasteiger partial charge in [-0.15, -0.1) is 0 Å². The summed E-state index contributed by atoms with van der Waals surface area (Å²) >= 11 is 0. The summed E-state index contributed by atoms with van der Waals surface area (Å²) in [5, 5.41) is 0. The number of carbonyl (C=O) groups excluding carboxylic acids is 3. The summed E-state index contributed by atoms with van der Waals surface area (Å²) < 4.78 is 13.1. The zero-order valence-electron chi connectivity index (χ0n) is 11.4. The van der Waals surface area contributed by atoms with Crippen LogP contribution in [0.4, 0.5) is 10.1 Å². The van der Waals surface area contributed by atoms with Crippen LogP contribution >= 0.6 is 0 Å². The predicted octanol–water partition coefficient (Wildman–Crippen LogP) is 1.22. The van der Waals surface area contributed by atoms with Gasteiger partial charge in [-0.3, -0.25) is 19.3 Å². The number of benzene rings is 1. The lowest BCUT2D eigenvalue weighted by Crippen LogP contribution is -2.42. The molecule has 0 fully saturated rings. The van der Waals surface area contributed by atoms with Crippen molar-refractivity contribution in [2.24, 2.45) is 0 Å². The summed E-state index contributed by atoms with van der Waals surface area (Å²) in [6, 6.07) is 3.54. The molecule has 0 saturated heterocycles. The Morgan fingerprint density at radius 2 is 1.90 bits per heavy atom. The lowest BCUT2D eigenvalue weighted by Gasteiger charge is -2.22. The lowest BCUT2D eigenvalue weighted by atomic mass is 10.1. The molecule has 2 rings (SSSR count). The van der Waals surface area contributed by atoms with Crippen LogP contribution in [-0.2, 0) is 9.59 Å². The van der Waals surface area contributed by atoms with Gasteiger partial charge in [0, 0.05) is 13.1 Å². The van der Waals surface area contributed by atoms with Gasteiger partial charge in [-0.1, -0.05) is 0 Å². The number of nitrogens with zero attached hydrogens (tertiary/aromatic N) is 2. The first-order valence-corrected chi connectivity index (χ1v) is 6.43. The molecular formula is C14H15FN2O3. The largest absolute Gasteiger partial charge is 0.342 e. The molecule has 1 aromatic rings. The van der Waals surface area contributed by atoms with Crippen molar-refractivity contribution < 1.29 is 18.8 Å². The molecule has 0 saturated carbocycles. The third kappa shape index (κ3) is 2.29. The fraction of sp³-hybridized carbons (Fsp3) is 0.357. The second kappa shape index (κ2) is 5.40. The molecule has 0 bridgehead atoms. The summed E-state index contributed by atoms with van der Waals surface area (Å²) in [5.41, 5.74) is 0.309. The summed E-state index contributed by atoms with van der Waals surface area (Å²) in [4.78, 5) is 38.4. The minimum absolute atomic E-state index is 0.0161. The molecule has 0 spiro atoms. The third-order valence-corrected chi connectivity index (χ3v) is 3.34. The van der Waals surface area contributed by atoms with Gasteiger partial charge in [0.1, 0.15) is 12.4 Å². The van der Waals surface area contributed by atoms with E-state index in [0.29, 0.717) is 18.8 Å². The smallest absolute Gasteiger partial charge is 0.299 e. The van der Waals surface area contributed by atoms with Crippen LogP contribution in [0.5, 0.6) is 0 Å². The van der Waals surface area contributed by atoms with Crippen molar-refractivity contribution in [3.63, 3.8) is 0 Å². The van der Waals surface area contributed by atoms with Crippen molar-refractivity contribution in [2.45, 2.75) is 13.8 Å². The molecule has 0 aliphatic carbocycles. The highest BCUT2D eigenvalue weighted by Gasteiger charge is 2.37. The van der Waals surface area contributed by atoms with Crippen LogP contribution in [0.1, 0.15) is 24.2 Å². The SMILES string of the molecule is CCN(CC)C(=O)CN1C(=O)C(=O)c2cc(F)ccc21. The van der Waals surface area contributed by atoms with Gasteiger partial charge in [-0.25, -0.2) is 4.39 Å². The molecule has 20 heavy (non-hydrogen) atoms. The van der Waals surface area contributed by atoms with E-state index in [-0.39, 0.29) is 18.0 Å². The number of Topliss-reactive ketones (excluding diaryl/α,β-unsaturated/α-hetero) is 1. The van der Waals surface area contributed by atoms with E-state index < -0.39 is 17.5 Å². The molecule has 106 valence electrons. The van der Waals surface area contributed by atoms with Crippen LogP contribution in [0.3, 0.4) is 0 Å². The number of hydrogen-bond acceptors (Lipinski definition) is 3. The number of fused-ring (bicyclic) bond motifs is 1. The van der Waals surface area contributed by atoms with E-state index in [1.807, 2.05) is 13.8 Å². The van der Waals surface area contributed by atoms with Crippen molar-refractivity contribution in [2.75, 3.05) is 24.5 Å². The molecule has 5 nitrogen and oxygen atoms in total. The van der Waals surface area contributed by atoms with Crippen molar-refractivity contribution in [1.82, 2.24) is 4.90 Å². The monoisotopic (exact) mass is 278 g/mol. The zero-order valence-corrected chi connectivity index (χ0v) is 11.4. The first-order valence-electron chi connectivity index (χ1n) is 6.43. The van der Waals surface area contributed by atoms with Gasteiger partial charge >= 0.3 is 0 Å². The van der Waals surface area contributed by atoms with Gasteiger partial charge in [-0.2, -0.15) is 0 Å². The normalized spacial score (nSPS) is 13.7. The Kier molecular flexibility index (Phi) is 3.83. The van der Waals surface area contributed by atoms with Crippen LogP contribution in [0.15, 0.2) is 18.2 Å². The Balaban J connectivity index is 2.28. The maximum absolute atomic E-state index is 13.1. The number of halogens is 1. The molecule has 0 N–H and O–H groups in total. The fourth-order valence-corrected chi connectivity index (χ4v) is 2.24. The molecule has 0 unspecified atom stereocenters. The summed E-state index contributed by atoms with van der Waals surface area (Å²) in [6.45, 7) is 4.53. The molecule has 1 aliphatic rings. The Morgan fingerprint density at radius 1 is 1.25 bits per heavy atom. The Bertz CT molecular complexity index is 582. The van der Waals surface area contributed by atoms with Crippen LogP contribution in [0, 0.1) is 5.82 Å². The van der Waals surface area contributed by atoms with E-state index in [9.17, 15) is 18.8 Å². The molecule has 2 amide bonds. The lowest BCUT2D eigenvalue weighted by molar-refractivity contribution is -0.130. The maximum Gasteiger partial charge on any atom is 0.299 e. The van der Waals surface area contributed by atoms with Crippen LogP contribution < -0.4 is 4.90 Å². The van der Waals surface area contributed by atoms with E-state index in [4.69, 9.17) is 0 Å². The molecule has 0 radical (unpaired) electrons. The molecular weight excluding hydrogens is 263 g/mol. The standard InChI is InChI=1S/C14H15FN2O3/c1-3-16(4-2)12(18)8-17-11-6-5-9(15)7-10(11)13(19)14(17)20/h5-7H,3-4,8H2,1-2H3. The zero-order chi connectivity index (χ0) is 14.9. The first-order chi connectivity index (χ1) is 9.49. The highest BCUT2D eigenvalue weighted by Crippen LogP contribution is 2.29. The average Bonchev–Trinajstić information content (AvgIpc) is 2.65. The van der Waals surface area contributed by atoms with E-state index in [1.165, 1.54) is 12.1 Å². The van der Waals surface area contributed by atoms with E-state index in [1.54, 1.807) is 4.90 Å². The topological polar surface area (TPSA) is 57.7 Å². The first kappa shape index (κ1) is 14.2. The van der Waals surface area contributed by atoms with Crippen LogP contribution in [0.25, 0.3) is 0 Å². The highest BCUT2D eigenvalue weighted by molar-refractivity contribution is 6.52. The summed E-state index contributed by atoms with van der Waals surface area (Å²) in [6.07, 6.45) is 0. The van der Waals surface area contributed by atoms with Crippen LogP contribution in [-0.4, -0.2) is 42.1 Å². The Morgan fingerprint density at radius 3 is 2.50 bits per heavy atom. The number of ketones is 1. The van der Waals surface area contributed by atoms with E-state index in [2.05, 4.69) is 0 Å². The number of hydrogen-bond donors (Lipinski definition) is 0. The minimum atomic E-state index is -0.786. The van der Waals surface area contributed by atoms with Crippen molar-refractivity contribution in [3.8, 4) is 0 Å². The van der Waals surface area contributed by atoms with Gasteiger partial charge in [0.25, 0.3) is 11.7 Å². The van der Waals surface area contributed by atoms with Gasteiger partial charge < -0.3 is 4.90 Å². The van der Waals surface area contributed by atoms with E-state index in [0.717, 1.165) is 11.0 Å². The van der Waals surface area contributed by atoms with Gasteiger partial charge in [-0.05, 0) is 32.0 Å². The number of rotatable bonds is 4. The molecule has 6 heteroatoms. The highest BCUT2D eigenvalue weighted by atomic mass is 19.1. The van der Waals surface area contributed by atoms with E-state index >= 15 is 0 Å². The number of likely N-dealkylation sites (N-methyl/N-ethyl adjacent to an activating group) is 1. The second-order valence-corrected chi connectivity index (χ2v) is 4.45. The van der Waals surface area contributed by atoms with Gasteiger partial charge in [0.05, 0.1) is 11.3 Å². The molecule has 1 heterocycles. The fourth-order valence-electron chi connectivity index (χ4n) is 2.24.